The Hall–Kier alpha value is -1.08. The summed E-state index contributed by atoms with van der Waals surface area (Å²) in [5.41, 5.74) is 1.68. The molecule has 0 radical (unpaired) electrons. The van der Waals surface area contributed by atoms with Gasteiger partial charge < -0.3 is 10.6 Å². The second-order valence-electron chi connectivity index (χ2n) is 5.11. The predicted octanol–water partition coefficient (Wildman–Crippen LogP) is 2.37. The molecule has 2 aliphatic rings. The molecule has 1 fully saturated rings. The largest absolute Gasteiger partial charge is 0.352 e. The molecule has 3 rings (SSSR count). The van der Waals surface area contributed by atoms with Crippen molar-refractivity contribution in [3.05, 3.63) is 10.4 Å². The summed E-state index contributed by atoms with van der Waals surface area (Å²) < 4.78 is 28.5. The van der Waals surface area contributed by atoms with Gasteiger partial charge in [-0.2, -0.15) is 8.42 Å². The smallest absolute Gasteiger partial charge is 0.297 e. The van der Waals surface area contributed by atoms with E-state index in [9.17, 15) is 8.42 Å². The van der Waals surface area contributed by atoms with Crippen LogP contribution in [0.1, 0.15) is 36.1 Å². The van der Waals surface area contributed by atoms with Crippen LogP contribution in [-0.2, 0) is 10.0 Å². The molecular weight excluding hydrogens is 282 g/mol. The number of hydrogen-bond donors (Lipinski definition) is 2. The minimum Gasteiger partial charge on any atom is -0.352 e. The Kier molecular flexibility index (Phi) is 3.05. The maximum Gasteiger partial charge on any atom is 0.297 e. The Morgan fingerprint density at radius 2 is 2.00 bits per heavy atom. The van der Waals surface area contributed by atoms with Gasteiger partial charge in [-0.15, -0.1) is 15.7 Å². The van der Waals surface area contributed by atoms with Crippen molar-refractivity contribution in [1.29, 1.82) is 0 Å². The standard InChI is InChI=1S/C12H17N3O2S2/c1-7-8(2)18-11-10(7)14-12(15-19(11,16)17)13-9-5-3-4-6-9/h9H,3-6H2,1-2H3,(H2,13,14,15). The van der Waals surface area contributed by atoms with Crippen molar-refractivity contribution >= 4 is 33.0 Å². The normalized spacial score (nSPS) is 21.7. The zero-order chi connectivity index (χ0) is 13.6. The summed E-state index contributed by atoms with van der Waals surface area (Å²) in [5, 5.41) is 6.35. The summed E-state index contributed by atoms with van der Waals surface area (Å²) in [6.45, 7) is 3.87. The van der Waals surface area contributed by atoms with Crippen molar-refractivity contribution in [1.82, 2.24) is 5.32 Å². The summed E-state index contributed by atoms with van der Waals surface area (Å²) in [4.78, 5) is 1.01. The van der Waals surface area contributed by atoms with Crippen molar-refractivity contribution in [2.24, 2.45) is 4.40 Å². The maximum atomic E-state index is 12.2. The second-order valence-corrected chi connectivity index (χ2v) is 8.14. The highest BCUT2D eigenvalue weighted by molar-refractivity contribution is 7.92. The SMILES string of the molecule is Cc1sc2c(c1C)NC(NC1CCCC1)=NS2(=O)=O. The minimum absolute atomic E-state index is 0.333. The molecule has 0 bridgehead atoms. The lowest BCUT2D eigenvalue weighted by Crippen LogP contribution is -2.40. The fourth-order valence-corrected chi connectivity index (χ4v) is 5.18. The van der Waals surface area contributed by atoms with E-state index in [1.54, 1.807) is 0 Å². The zero-order valence-electron chi connectivity index (χ0n) is 11.0. The molecule has 2 heterocycles. The fraction of sp³-hybridized carbons (Fsp3) is 0.583. The Labute approximate surface area is 117 Å². The number of hydrogen-bond acceptors (Lipinski definition) is 5. The third-order valence-electron chi connectivity index (χ3n) is 3.74. The van der Waals surface area contributed by atoms with Crippen molar-refractivity contribution < 1.29 is 8.42 Å². The van der Waals surface area contributed by atoms with Crippen molar-refractivity contribution in [3.63, 3.8) is 0 Å². The van der Waals surface area contributed by atoms with Gasteiger partial charge in [0.05, 0.1) is 5.69 Å². The maximum absolute atomic E-state index is 12.2. The number of guanidine groups is 1. The average molecular weight is 299 g/mol. The van der Waals surface area contributed by atoms with E-state index in [0.717, 1.165) is 23.3 Å². The molecule has 5 nitrogen and oxygen atoms in total. The van der Waals surface area contributed by atoms with Crippen LogP contribution in [-0.4, -0.2) is 20.4 Å². The summed E-state index contributed by atoms with van der Waals surface area (Å²) in [7, 11) is -3.55. The molecule has 1 saturated carbocycles. The molecular formula is C12H17N3O2S2. The Morgan fingerprint density at radius 3 is 2.68 bits per heavy atom. The number of thiophene rings is 1. The number of sulfonamides is 1. The van der Waals surface area contributed by atoms with Crippen LogP contribution in [0.25, 0.3) is 0 Å². The Morgan fingerprint density at radius 1 is 1.32 bits per heavy atom. The molecule has 1 aromatic heterocycles. The third-order valence-corrected chi connectivity index (χ3v) is 6.72. The van der Waals surface area contributed by atoms with Gasteiger partial charge in [-0.25, -0.2) is 0 Å². The molecule has 19 heavy (non-hydrogen) atoms. The van der Waals surface area contributed by atoms with Crippen molar-refractivity contribution in [3.8, 4) is 0 Å². The van der Waals surface area contributed by atoms with Crippen LogP contribution < -0.4 is 10.6 Å². The Bertz CT molecular complexity index is 640. The number of nitrogens with one attached hydrogen (secondary N) is 2. The first-order valence-electron chi connectivity index (χ1n) is 6.46. The van der Waals surface area contributed by atoms with Crippen LogP contribution in [0.15, 0.2) is 8.61 Å². The van der Waals surface area contributed by atoms with Gasteiger partial charge in [0.25, 0.3) is 10.0 Å². The molecule has 1 aliphatic heterocycles. The van der Waals surface area contributed by atoms with E-state index in [0.29, 0.717) is 21.9 Å². The summed E-state index contributed by atoms with van der Waals surface area (Å²) >= 11 is 1.28. The third kappa shape index (κ3) is 2.25. The van der Waals surface area contributed by atoms with E-state index in [4.69, 9.17) is 0 Å². The van der Waals surface area contributed by atoms with Gasteiger partial charge in [0, 0.05) is 10.9 Å². The molecule has 2 N–H and O–H groups in total. The fourth-order valence-electron chi connectivity index (χ4n) is 2.55. The van der Waals surface area contributed by atoms with E-state index in [1.165, 1.54) is 24.2 Å². The number of aryl methyl sites for hydroxylation is 1. The van der Waals surface area contributed by atoms with Crippen LogP contribution >= 0.6 is 11.3 Å². The summed E-state index contributed by atoms with van der Waals surface area (Å²) in [6.07, 6.45) is 4.55. The molecule has 0 unspecified atom stereocenters. The lowest BCUT2D eigenvalue weighted by molar-refractivity contribution is 0.597. The van der Waals surface area contributed by atoms with Gasteiger partial charge in [-0.05, 0) is 32.3 Å². The van der Waals surface area contributed by atoms with Gasteiger partial charge >= 0.3 is 0 Å². The lowest BCUT2D eigenvalue weighted by Gasteiger charge is -2.20. The number of fused-ring (bicyclic) bond motifs is 1. The van der Waals surface area contributed by atoms with Gasteiger partial charge in [0.1, 0.15) is 0 Å². The van der Waals surface area contributed by atoms with Crippen LogP contribution in [0, 0.1) is 13.8 Å². The van der Waals surface area contributed by atoms with Crippen LogP contribution in [0.3, 0.4) is 0 Å². The van der Waals surface area contributed by atoms with Crippen LogP contribution in [0.5, 0.6) is 0 Å². The van der Waals surface area contributed by atoms with Crippen molar-refractivity contribution in [2.45, 2.75) is 49.8 Å². The molecule has 0 amide bonds. The molecule has 0 saturated heterocycles. The van der Waals surface area contributed by atoms with Gasteiger partial charge in [0.15, 0.2) is 4.21 Å². The van der Waals surface area contributed by atoms with Crippen LogP contribution in [0.2, 0.25) is 0 Å². The van der Waals surface area contributed by atoms with E-state index < -0.39 is 10.0 Å². The Balaban J connectivity index is 1.93. The summed E-state index contributed by atoms with van der Waals surface area (Å²) in [6, 6.07) is 0.336. The molecule has 7 heteroatoms. The highest BCUT2D eigenvalue weighted by atomic mass is 32.2. The highest BCUT2D eigenvalue weighted by Gasteiger charge is 2.30. The summed E-state index contributed by atoms with van der Waals surface area (Å²) in [5.74, 6) is 0.375. The van der Waals surface area contributed by atoms with Crippen LogP contribution in [0.4, 0.5) is 5.69 Å². The van der Waals surface area contributed by atoms with E-state index >= 15 is 0 Å². The minimum atomic E-state index is -3.55. The van der Waals surface area contributed by atoms with Gasteiger partial charge in [-0.3, -0.25) is 0 Å². The number of anilines is 1. The molecule has 1 aliphatic carbocycles. The highest BCUT2D eigenvalue weighted by Crippen LogP contribution is 2.39. The molecule has 104 valence electrons. The second kappa shape index (κ2) is 4.49. The van der Waals surface area contributed by atoms with E-state index in [2.05, 4.69) is 15.0 Å². The number of rotatable bonds is 1. The predicted molar refractivity (Wildman–Crippen MR) is 77.4 cm³/mol. The van der Waals surface area contributed by atoms with Crippen molar-refractivity contribution in [2.75, 3.05) is 5.32 Å². The molecule has 1 aromatic rings. The number of nitrogens with zero attached hydrogens (tertiary/aromatic N) is 1. The zero-order valence-corrected chi connectivity index (χ0v) is 12.6. The average Bonchev–Trinajstić information content (AvgIpc) is 2.91. The quantitative estimate of drug-likeness (QED) is 0.835. The van der Waals surface area contributed by atoms with E-state index in [1.807, 2.05) is 13.8 Å². The first-order chi connectivity index (χ1) is 8.97. The lowest BCUT2D eigenvalue weighted by atomic mass is 10.2. The van der Waals surface area contributed by atoms with Gasteiger partial charge in [-0.1, -0.05) is 12.8 Å². The van der Waals surface area contributed by atoms with E-state index in [-0.39, 0.29) is 0 Å². The molecule has 0 spiro atoms. The molecule has 0 atom stereocenters. The van der Waals surface area contributed by atoms with Gasteiger partial charge in [0.2, 0.25) is 5.96 Å². The monoisotopic (exact) mass is 299 g/mol. The topological polar surface area (TPSA) is 70.6 Å². The molecule has 0 aromatic carbocycles. The first-order valence-corrected chi connectivity index (χ1v) is 8.71. The first kappa shape index (κ1) is 12.9.